The minimum absolute atomic E-state index is 0.173. The van der Waals surface area contributed by atoms with Crippen molar-refractivity contribution in [3.63, 3.8) is 0 Å². The maximum Gasteiger partial charge on any atom is 0.338 e. The van der Waals surface area contributed by atoms with Crippen LogP contribution in [0.4, 0.5) is 5.82 Å². The lowest BCUT2D eigenvalue weighted by Crippen LogP contribution is -2.04. The first-order valence-electron chi connectivity index (χ1n) is 3.51. The zero-order valence-electron chi connectivity index (χ0n) is 7.24. The van der Waals surface area contributed by atoms with Crippen molar-refractivity contribution in [1.29, 1.82) is 0 Å². The molecule has 0 aromatic carbocycles. The number of hydrogen-bond acceptors (Lipinski definition) is 5. The second kappa shape index (κ2) is 4.08. The van der Waals surface area contributed by atoms with Gasteiger partial charge in [-0.1, -0.05) is 0 Å². The molecule has 6 heteroatoms. The molecule has 0 bridgehead atoms. The quantitative estimate of drug-likeness (QED) is 0.705. The van der Waals surface area contributed by atoms with Crippen LogP contribution in [0.3, 0.4) is 0 Å². The fourth-order valence-corrected chi connectivity index (χ4v) is 1.30. The summed E-state index contributed by atoms with van der Waals surface area (Å²) in [5, 5.41) is 19.5. The minimum atomic E-state index is -0.990. The molecule has 2 N–H and O–H groups in total. The molecule has 0 fully saturated rings. The highest BCUT2D eigenvalue weighted by atomic mass is 32.2. The summed E-state index contributed by atoms with van der Waals surface area (Å²) in [7, 11) is 1.66. The summed E-state index contributed by atoms with van der Waals surface area (Å²) in [5.74, 6) is -0.536. The van der Waals surface area contributed by atoms with E-state index in [0.717, 1.165) is 0 Å². The molecule has 0 saturated heterocycles. The molecular formula is C7H9N3O2S. The molecule has 0 spiro atoms. The number of anilines is 1. The maximum absolute atomic E-state index is 10.7. The average Bonchev–Trinajstić information content (AvgIpc) is 2.16. The van der Waals surface area contributed by atoms with E-state index in [1.165, 1.54) is 17.8 Å². The lowest BCUT2D eigenvalue weighted by Gasteiger charge is -2.02. The SMILES string of the molecule is CNc1cc(C(=O)O)c(SC)nn1. The molecule has 0 saturated carbocycles. The van der Waals surface area contributed by atoms with Crippen molar-refractivity contribution in [3.8, 4) is 0 Å². The third-order valence-electron chi connectivity index (χ3n) is 1.44. The molecule has 70 valence electrons. The largest absolute Gasteiger partial charge is 0.478 e. The minimum Gasteiger partial charge on any atom is -0.478 e. The number of hydrogen-bond donors (Lipinski definition) is 2. The Morgan fingerprint density at radius 3 is 2.77 bits per heavy atom. The fraction of sp³-hybridized carbons (Fsp3) is 0.286. The average molecular weight is 199 g/mol. The molecule has 0 aliphatic carbocycles. The van der Waals surface area contributed by atoms with E-state index in [0.29, 0.717) is 10.8 Å². The van der Waals surface area contributed by atoms with E-state index in [1.54, 1.807) is 13.3 Å². The number of carboxylic acids is 1. The number of aromatic nitrogens is 2. The standard InChI is InChI=1S/C7H9N3O2S/c1-8-5-3-4(7(11)12)6(13-2)10-9-5/h3H,1-2H3,(H,8,9)(H,11,12). The molecule has 1 heterocycles. The smallest absolute Gasteiger partial charge is 0.338 e. The Kier molecular flexibility index (Phi) is 3.07. The third-order valence-corrected chi connectivity index (χ3v) is 2.13. The third kappa shape index (κ3) is 2.09. The van der Waals surface area contributed by atoms with Crippen molar-refractivity contribution in [2.45, 2.75) is 5.03 Å². The van der Waals surface area contributed by atoms with E-state index >= 15 is 0 Å². The van der Waals surface area contributed by atoms with Crippen LogP contribution in [0.25, 0.3) is 0 Å². The highest BCUT2D eigenvalue weighted by Crippen LogP contribution is 2.18. The predicted octanol–water partition coefficient (Wildman–Crippen LogP) is 0.938. The molecular weight excluding hydrogens is 190 g/mol. The first-order valence-corrected chi connectivity index (χ1v) is 4.74. The van der Waals surface area contributed by atoms with Gasteiger partial charge < -0.3 is 10.4 Å². The first kappa shape index (κ1) is 9.79. The Morgan fingerprint density at radius 2 is 2.31 bits per heavy atom. The Labute approximate surface area is 79.6 Å². The molecule has 0 aliphatic heterocycles. The van der Waals surface area contributed by atoms with Gasteiger partial charge in [0.2, 0.25) is 0 Å². The van der Waals surface area contributed by atoms with Crippen LogP contribution in [0.5, 0.6) is 0 Å². The molecule has 5 nitrogen and oxygen atoms in total. The molecule has 0 amide bonds. The van der Waals surface area contributed by atoms with Gasteiger partial charge in [0.25, 0.3) is 0 Å². The van der Waals surface area contributed by atoms with Crippen LogP contribution in [-0.2, 0) is 0 Å². The van der Waals surface area contributed by atoms with E-state index in [2.05, 4.69) is 15.5 Å². The number of thioether (sulfide) groups is 1. The number of nitrogens with one attached hydrogen (secondary N) is 1. The predicted molar refractivity (Wildman–Crippen MR) is 50.3 cm³/mol. The number of carbonyl (C=O) groups is 1. The second-order valence-electron chi connectivity index (χ2n) is 2.21. The van der Waals surface area contributed by atoms with Crippen molar-refractivity contribution in [1.82, 2.24) is 10.2 Å². The summed E-state index contributed by atoms with van der Waals surface area (Å²) in [6, 6.07) is 1.46. The summed E-state index contributed by atoms with van der Waals surface area (Å²) in [5.41, 5.74) is 0.173. The maximum atomic E-state index is 10.7. The summed E-state index contributed by atoms with van der Waals surface area (Å²) in [6.45, 7) is 0. The van der Waals surface area contributed by atoms with E-state index in [1.807, 2.05) is 0 Å². The van der Waals surface area contributed by atoms with Crippen molar-refractivity contribution in [3.05, 3.63) is 11.6 Å². The summed E-state index contributed by atoms with van der Waals surface area (Å²) >= 11 is 1.26. The molecule has 0 radical (unpaired) electrons. The van der Waals surface area contributed by atoms with Gasteiger partial charge in [0.15, 0.2) is 0 Å². The van der Waals surface area contributed by atoms with E-state index < -0.39 is 5.97 Å². The lowest BCUT2D eigenvalue weighted by atomic mass is 10.3. The molecule has 0 aliphatic rings. The van der Waals surface area contributed by atoms with Crippen molar-refractivity contribution < 1.29 is 9.90 Å². The van der Waals surface area contributed by atoms with Crippen LogP contribution in [0, 0.1) is 0 Å². The van der Waals surface area contributed by atoms with Gasteiger partial charge >= 0.3 is 5.97 Å². The van der Waals surface area contributed by atoms with Crippen LogP contribution in [0.1, 0.15) is 10.4 Å². The van der Waals surface area contributed by atoms with Crippen LogP contribution in [0.15, 0.2) is 11.1 Å². The van der Waals surface area contributed by atoms with E-state index in [9.17, 15) is 4.79 Å². The normalized spacial score (nSPS) is 9.69. The number of aromatic carboxylic acids is 1. The van der Waals surface area contributed by atoms with Gasteiger partial charge in [-0.25, -0.2) is 4.79 Å². The molecule has 0 atom stereocenters. The van der Waals surface area contributed by atoms with Gasteiger partial charge in [-0.2, -0.15) is 0 Å². The van der Waals surface area contributed by atoms with Gasteiger partial charge in [-0.3, -0.25) is 0 Å². The number of rotatable bonds is 3. The first-order chi connectivity index (χ1) is 6.19. The number of nitrogens with zero attached hydrogens (tertiary/aromatic N) is 2. The van der Waals surface area contributed by atoms with Gasteiger partial charge in [-0.05, 0) is 12.3 Å². The summed E-state index contributed by atoms with van der Waals surface area (Å²) in [6.07, 6.45) is 1.76. The molecule has 13 heavy (non-hydrogen) atoms. The Bertz CT molecular complexity index is 330. The fourth-order valence-electron chi connectivity index (χ4n) is 0.807. The number of carboxylic acid groups (broad SMARTS) is 1. The van der Waals surface area contributed by atoms with Crippen LogP contribution in [0.2, 0.25) is 0 Å². The Balaban J connectivity index is 3.18. The van der Waals surface area contributed by atoms with E-state index in [-0.39, 0.29) is 5.56 Å². The monoisotopic (exact) mass is 199 g/mol. The highest BCUT2D eigenvalue weighted by molar-refractivity contribution is 7.98. The molecule has 0 unspecified atom stereocenters. The van der Waals surface area contributed by atoms with Crippen LogP contribution >= 0.6 is 11.8 Å². The van der Waals surface area contributed by atoms with Crippen molar-refractivity contribution >= 4 is 23.5 Å². The lowest BCUT2D eigenvalue weighted by molar-refractivity contribution is 0.0692. The van der Waals surface area contributed by atoms with Gasteiger partial charge in [0.05, 0.1) is 5.56 Å². The Morgan fingerprint density at radius 1 is 1.62 bits per heavy atom. The Hall–Kier alpha value is -1.30. The summed E-state index contributed by atoms with van der Waals surface area (Å²) in [4.78, 5) is 10.7. The zero-order valence-corrected chi connectivity index (χ0v) is 8.05. The summed E-state index contributed by atoms with van der Waals surface area (Å²) < 4.78 is 0. The van der Waals surface area contributed by atoms with Gasteiger partial charge in [0.1, 0.15) is 10.8 Å². The second-order valence-corrected chi connectivity index (χ2v) is 3.00. The topological polar surface area (TPSA) is 75.1 Å². The van der Waals surface area contributed by atoms with Crippen molar-refractivity contribution in [2.24, 2.45) is 0 Å². The van der Waals surface area contributed by atoms with Gasteiger partial charge in [0, 0.05) is 7.05 Å². The molecule has 1 aromatic heterocycles. The van der Waals surface area contributed by atoms with E-state index in [4.69, 9.17) is 5.11 Å². The highest BCUT2D eigenvalue weighted by Gasteiger charge is 2.12. The molecule has 1 aromatic rings. The molecule has 1 rings (SSSR count). The zero-order chi connectivity index (χ0) is 9.84. The van der Waals surface area contributed by atoms with Crippen LogP contribution < -0.4 is 5.32 Å². The van der Waals surface area contributed by atoms with Crippen LogP contribution in [-0.4, -0.2) is 34.6 Å². The van der Waals surface area contributed by atoms with Gasteiger partial charge in [-0.15, -0.1) is 22.0 Å². The van der Waals surface area contributed by atoms with Crippen molar-refractivity contribution in [2.75, 3.05) is 18.6 Å².